The van der Waals surface area contributed by atoms with Crippen LogP contribution in [0.4, 0.5) is 11.4 Å². The third kappa shape index (κ3) is 5.43. The van der Waals surface area contributed by atoms with Crippen molar-refractivity contribution in [1.29, 1.82) is 0 Å². The van der Waals surface area contributed by atoms with Crippen molar-refractivity contribution >= 4 is 17.3 Å². The molecular weight excluding hydrogens is 378 g/mol. The number of aryl methyl sites for hydroxylation is 1. The second-order valence-corrected chi connectivity index (χ2v) is 7.49. The maximum atomic E-state index is 12.1. The lowest BCUT2D eigenvalue weighted by molar-refractivity contribution is -0.151. The molecule has 1 unspecified atom stereocenters. The summed E-state index contributed by atoms with van der Waals surface area (Å²) < 4.78 is 11.2. The number of esters is 1. The molecule has 1 aromatic heterocycles. The molecule has 0 radical (unpaired) electrons. The second-order valence-electron chi connectivity index (χ2n) is 7.49. The molecule has 1 saturated heterocycles. The van der Waals surface area contributed by atoms with Crippen molar-refractivity contribution in [3.05, 3.63) is 48.3 Å². The van der Waals surface area contributed by atoms with Gasteiger partial charge in [-0.1, -0.05) is 20.3 Å². The van der Waals surface area contributed by atoms with Crippen molar-refractivity contribution in [2.45, 2.75) is 46.1 Å². The van der Waals surface area contributed by atoms with Crippen LogP contribution in [-0.4, -0.2) is 49.8 Å². The highest BCUT2D eigenvalue weighted by Gasteiger charge is 2.22. The molecule has 0 amide bonds. The van der Waals surface area contributed by atoms with Crippen LogP contribution in [0.3, 0.4) is 0 Å². The molecule has 0 spiro atoms. The third-order valence-corrected chi connectivity index (χ3v) is 5.43. The van der Waals surface area contributed by atoms with Gasteiger partial charge in [0.15, 0.2) is 6.10 Å². The number of pyridine rings is 1. The first kappa shape index (κ1) is 21.9. The number of carbonyl (C=O) groups excluding carboxylic acids is 1. The Balaban J connectivity index is 1.69. The summed E-state index contributed by atoms with van der Waals surface area (Å²) in [5.41, 5.74) is 3.59. The summed E-state index contributed by atoms with van der Waals surface area (Å²) in [6, 6.07) is 10.5. The van der Waals surface area contributed by atoms with Crippen LogP contribution in [0.2, 0.25) is 0 Å². The highest BCUT2D eigenvalue weighted by atomic mass is 16.6. The topological polar surface area (TPSA) is 54.9 Å². The zero-order chi connectivity index (χ0) is 21.3. The Labute approximate surface area is 179 Å². The van der Waals surface area contributed by atoms with Gasteiger partial charge < -0.3 is 19.3 Å². The van der Waals surface area contributed by atoms with Gasteiger partial charge in [0.2, 0.25) is 0 Å². The van der Waals surface area contributed by atoms with Crippen LogP contribution >= 0.6 is 0 Å². The molecule has 1 aromatic carbocycles. The molecule has 1 aliphatic rings. The van der Waals surface area contributed by atoms with E-state index in [1.807, 2.05) is 32.3 Å². The molecule has 6 heteroatoms. The first-order valence-electron chi connectivity index (χ1n) is 11.0. The first-order valence-corrected chi connectivity index (χ1v) is 11.0. The monoisotopic (exact) mass is 411 g/mol. The van der Waals surface area contributed by atoms with Crippen LogP contribution in [0, 0.1) is 0 Å². The number of aromatic nitrogens is 1. The highest BCUT2D eigenvalue weighted by Crippen LogP contribution is 2.29. The zero-order valence-electron chi connectivity index (χ0n) is 18.3. The number of rotatable bonds is 9. The van der Waals surface area contributed by atoms with Crippen LogP contribution < -0.4 is 14.5 Å². The summed E-state index contributed by atoms with van der Waals surface area (Å²) in [4.78, 5) is 21.1. The van der Waals surface area contributed by atoms with Gasteiger partial charge in [-0.15, -0.1) is 0 Å². The minimum absolute atomic E-state index is 0.293. The quantitative estimate of drug-likeness (QED) is 0.580. The largest absolute Gasteiger partial charge is 0.478 e. The predicted molar refractivity (Wildman–Crippen MR) is 120 cm³/mol. The normalized spacial score (nSPS) is 15.0. The van der Waals surface area contributed by atoms with Gasteiger partial charge in [0.25, 0.3) is 0 Å². The van der Waals surface area contributed by atoms with Gasteiger partial charge in [-0.05, 0) is 55.7 Å². The van der Waals surface area contributed by atoms with Crippen LogP contribution in [0.1, 0.15) is 39.2 Å². The molecule has 30 heavy (non-hydrogen) atoms. The van der Waals surface area contributed by atoms with Crippen LogP contribution in [0.25, 0.3) is 0 Å². The Hall–Kier alpha value is -2.76. The fourth-order valence-corrected chi connectivity index (χ4v) is 3.81. The number of carbonyl (C=O) groups is 1. The number of piperazine rings is 1. The fourth-order valence-electron chi connectivity index (χ4n) is 3.81. The smallest absolute Gasteiger partial charge is 0.347 e. The van der Waals surface area contributed by atoms with E-state index in [0.29, 0.717) is 13.0 Å². The maximum Gasteiger partial charge on any atom is 0.347 e. The molecule has 1 atom stereocenters. The lowest BCUT2D eigenvalue weighted by atomic mass is 10.1. The molecule has 1 aliphatic heterocycles. The van der Waals surface area contributed by atoms with Crippen molar-refractivity contribution in [2.24, 2.45) is 0 Å². The second kappa shape index (κ2) is 10.9. The van der Waals surface area contributed by atoms with E-state index in [1.54, 1.807) is 0 Å². The van der Waals surface area contributed by atoms with E-state index in [4.69, 9.17) is 9.47 Å². The van der Waals surface area contributed by atoms with Crippen molar-refractivity contribution in [3.63, 3.8) is 0 Å². The number of anilines is 2. The summed E-state index contributed by atoms with van der Waals surface area (Å²) in [7, 11) is 0. The predicted octanol–water partition coefficient (Wildman–Crippen LogP) is 4.08. The van der Waals surface area contributed by atoms with Gasteiger partial charge in [-0.3, -0.25) is 4.98 Å². The number of hydrogen-bond donors (Lipinski definition) is 0. The van der Waals surface area contributed by atoms with Gasteiger partial charge >= 0.3 is 5.97 Å². The molecule has 2 heterocycles. The summed E-state index contributed by atoms with van der Waals surface area (Å²) in [5, 5.41) is 0. The minimum Gasteiger partial charge on any atom is -0.478 e. The molecule has 1 fully saturated rings. The average molecular weight is 412 g/mol. The van der Waals surface area contributed by atoms with E-state index in [-0.39, 0.29) is 5.97 Å². The summed E-state index contributed by atoms with van der Waals surface area (Å²) in [6.07, 6.45) is 5.65. The van der Waals surface area contributed by atoms with E-state index >= 15 is 0 Å². The first-order chi connectivity index (χ1) is 14.7. The molecule has 0 saturated carbocycles. The van der Waals surface area contributed by atoms with E-state index in [9.17, 15) is 4.79 Å². The van der Waals surface area contributed by atoms with Gasteiger partial charge in [-0.2, -0.15) is 0 Å². The van der Waals surface area contributed by atoms with E-state index in [0.717, 1.165) is 50.3 Å². The van der Waals surface area contributed by atoms with Gasteiger partial charge in [0.1, 0.15) is 5.75 Å². The molecule has 3 rings (SSSR count). The SMILES string of the molecule is CCCc1cc(N2CCN(c3ccncc3)CC2)ccc1OC(CC)C(=O)OCC. The lowest BCUT2D eigenvalue weighted by Gasteiger charge is -2.37. The molecule has 0 aliphatic carbocycles. The van der Waals surface area contributed by atoms with Gasteiger partial charge in [-0.25, -0.2) is 4.79 Å². The number of nitrogens with zero attached hydrogens (tertiary/aromatic N) is 3. The molecule has 0 N–H and O–H groups in total. The van der Waals surface area contributed by atoms with E-state index in [1.165, 1.54) is 11.4 Å². The standard InChI is InChI=1S/C24H33N3O3/c1-4-7-19-18-21(8-9-23(19)30-22(5-2)24(28)29-6-3)27-16-14-26(15-17-27)20-10-12-25-13-11-20/h8-13,18,22H,4-7,14-17H2,1-3H3. The highest BCUT2D eigenvalue weighted by molar-refractivity contribution is 5.75. The van der Waals surface area contributed by atoms with Crippen molar-refractivity contribution < 1.29 is 14.3 Å². The Bertz CT molecular complexity index is 805. The van der Waals surface area contributed by atoms with Crippen molar-refractivity contribution in [3.8, 4) is 5.75 Å². The number of benzene rings is 1. The van der Waals surface area contributed by atoms with Gasteiger partial charge in [0.05, 0.1) is 6.61 Å². The number of hydrogen-bond acceptors (Lipinski definition) is 6. The van der Waals surface area contributed by atoms with Crippen LogP contribution in [0.5, 0.6) is 5.75 Å². The van der Waals surface area contributed by atoms with Crippen LogP contribution in [0.15, 0.2) is 42.7 Å². The Morgan fingerprint density at radius 2 is 1.67 bits per heavy atom. The molecule has 0 bridgehead atoms. The Morgan fingerprint density at radius 1 is 1.00 bits per heavy atom. The van der Waals surface area contributed by atoms with E-state index < -0.39 is 6.10 Å². The zero-order valence-corrected chi connectivity index (χ0v) is 18.3. The minimum atomic E-state index is -0.560. The average Bonchev–Trinajstić information content (AvgIpc) is 2.79. The molecule has 2 aromatic rings. The van der Waals surface area contributed by atoms with E-state index in [2.05, 4.69) is 46.0 Å². The summed E-state index contributed by atoms with van der Waals surface area (Å²) >= 11 is 0. The van der Waals surface area contributed by atoms with Crippen molar-refractivity contribution in [2.75, 3.05) is 42.6 Å². The summed E-state index contributed by atoms with van der Waals surface area (Å²) in [5.74, 6) is 0.495. The Kier molecular flexibility index (Phi) is 7.94. The van der Waals surface area contributed by atoms with Gasteiger partial charge in [0, 0.05) is 49.9 Å². The maximum absolute atomic E-state index is 12.1. The number of ether oxygens (including phenoxy) is 2. The lowest BCUT2D eigenvalue weighted by Crippen LogP contribution is -2.46. The third-order valence-electron chi connectivity index (χ3n) is 5.43. The molecule has 6 nitrogen and oxygen atoms in total. The molecular formula is C24H33N3O3. The van der Waals surface area contributed by atoms with Crippen LogP contribution in [-0.2, 0) is 16.0 Å². The fraction of sp³-hybridized carbons (Fsp3) is 0.500. The molecule has 162 valence electrons. The summed E-state index contributed by atoms with van der Waals surface area (Å²) in [6.45, 7) is 10.2. The van der Waals surface area contributed by atoms with Crippen molar-refractivity contribution in [1.82, 2.24) is 4.98 Å². The Morgan fingerprint density at radius 3 is 2.27 bits per heavy atom.